The van der Waals surface area contributed by atoms with Gasteiger partial charge in [0.2, 0.25) is 0 Å². The summed E-state index contributed by atoms with van der Waals surface area (Å²) in [5, 5.41) is 9.56. The van der Waals surface area contributed by atoms with E-state index >= 15 is 0 Å². The number of benzene rings is 1. The zero-order chi connectivity index (χ0) is 12.4. The number of carboxylic acids is 1. The van der Waals surface area contributed by atoms with Crippen LogP contribution in [0.15, 0.2) is 22.7 Å². The van der Waals surface area contributed by atoms with Crippen molar-refractivity contribution in [2.45, 2.75) is 25.4 Å². The van der Waals surface area contributed by atoms with Crippen LogP contribution in [0.25, 0.3) is 0 Å². The third kappa shape index (κ3) is 3.69. The number of nitrogens with zero attached hydrogens (tertiary/aromatic N) is 1. The van der Waals surface area contributed by atoms with Gasteiger partial charge in [-0.05, 0) is 36.6 Å². The van der Waals surface area contributed by atoms with Crippen LogP contribution in [0.3, 0.4) is 0 Å². The smallest absolute Gasteiger partial charge is 0.317 e. The van der Waals surface area contributed by atoms with Crippen molar-refractivity contribution in [1.29, 1.82) is 0 Å². The first-order valence-electron chi connectivity index (χ1n) is 5.46. The molecule has 0 bridgehead atoms. The Balaban J connectivity index is 2.10. The van der Waals surface area contributed by atoms with Crippen LogP contribution in [0, 0.1) is 0 Å². The summed E-state index contributed by atoms with van der Waals surface area (Å²) in [6, 6.07) is 6.05. The molecule has 3 nitrogen and oxygen atoms in total. The molecule has 0 aromatic heterocycles. The Kier molecular flexibility index (Phi) is 4.07. The zero-order valence-corrected chi connectivity index (χ0v) is 11.5. The predicted octanol–water partition coefficient (Wildman–Crippen LogP) is 3.15. The molecule has 5 heteroatoms. The standard InChI is InChI=1S/C12H13BrClNO2/c13-9-1-4-11(14)8(5-9)6-15(7-12(16)17)10-2-3-10/h1,4-5,10H,2-3,6-7H2,(H,16,17). The van der Waals surface area contributed by atoms with Crippen molar-refractivity contribution in [3.8, 4) is 0 Å². The predicted molar refractivity (Wildman–Crippen MR) is 70.2 cm³/mol. The third-order valence-corrected chi connectivity index (χ3v) is 3.64. The lowest BCUT2D eigenvalue weighted by atomic mass is 10.2. The van der Waals surface area contributed by atoms with Crippen molar-refractivity contribution >= 4 is 33.5 Å². The van der Waals surface area contributed by atoms with Crippen molar-refractivity contribution in [1.82, 2.24) is 4.90 Å². The number of hydrogen-bond donors (Lipinski definition) is 1. The van der Waals surface area contributed by atoms with E-state index in [4.69, 9.17) is 16.7 Å². The van der Waals surface area contributed by atoms with E-state index < -0.39 is 5.97 Å². The van der Waals surface area contributed by atoms with Gasteiger partial charge in [-0.3, -0.25) is 9.69 Å². The monoisotopic (exact) mass is 317 g/mol. The van der Waals surface area contributed by atoms with E-state index in [1.807, 2.05) is 23.1 Å². The molecule has 0 saturated heterocycles. The van der Waals surface area contributed by atoms with E-state index in [0.717, 1.165) is 22.9 Å². The van der Waals surface area contributed by atoms with E-state index in [0.29, 0.717) is 17.6 Å². The highest BCUT2D eigenvalue weighted by molar-refractivity contribution is 9.10. The number of hydrogen-bond acceptors (Lipinski definition) is 2. The van der Waals surface area contributed by atoms with Gasteiger partial charge in [-0.1, -0.05) is 27.5 Å². The first-order chi connectivity index (χ1) is 8.06. The van der Waals surface area contributed by atoms with E-state index in [1.54, 1.807) is 0 Å². The van der Waals surface area contributed by atoms with Gasteiger partial charge >= 0.3 is 5.97 Å². The van der Waals surface area contributed by atoms with Crippen LogP contribution in [0.5, 0.6) is 0 Å². The maximum atomic E-state index is 10.8. The second kappa shape index (κ2) is 5.38. The highest BCUT2D eigenvalue weighted by Crippen LogP contribution is 2.30. The topological polar surface area (TPSA) is 40.5 Å². The Labute approximate surface area is 114 Å². The van der Waals surface area contributed by atoms with Gasteiger partial charge in [-0.25, -0.2) is 0 Å². The molecule has 0 unspecified atom stereocenters. The Bertz CT molecular complexity index is 435. The lowest BCUT2D eigenvalue weighted by Crippen LogP contribution is -2.31. The van der Waals surface area contributed by atoms with Crippen molar-refractivity contribution < 1.29 is 9.90 Å². The van der Waals surface area contributed by atoms with Crippen LogP contribution in [0.1, 0.15) is 18.4 Å². The molecule has 1 N–H and O–H groups in total. The van der Waals surface area contributed by atoms with Crippen LogP contribution in [0.2, 0.25) is 5.02 Å². The van der Waals surface area contributed by atoms with Gasteiger partial charge in [0.25, 0.3) is 0 Å². The van der Waals surface area contributed by atoms with Gasteiger partial charge in [-0.15, -0.1) is 0 Å². The Hall–Kier alpha value is -0.580. The zero-order valence-electron chi connectivity index (χ0n) is 9.20. The van der Waals surface area contributed by atoms with Crippen molar-refractivity contribution in [2.75, 3.05) is 6.54 Å². The van der Waals surface area contributed by atoms with E-state index in [1.165, 1.54) is 0 Å². The average Bonchev–Trinajstić information content (AvgIpc) is 3.05. The summed E-state index contributed by atoms with van der Waals surface area (Å²) in [6.45, 7) is 0.669. The molecule has 0 radical (unpaired) electrons. The summed E-state index contributed by atoms with van der Waals surface area (Å²) in [7, 11) is 0. The summed E-state index contributed by atoms with van der Waals surface area (Å²) in [6.07, 6.45) is 2.16. The van der Waals surface area contributed by atoms with Gasteiger partial charge < -0.3 is 5.11 Å². The fourth-order valence-corrected chi connectivity index (χ4v) is 2.40. The Morgan fingerprint density at radius 1 is 1.53 bits per heavy atom. The molecule has 1 aromatic rings. The summed E-state index contributed by atoms with van der Waals surface area (Å²) in [5.74, 6) is -0.789. The van der Waals surface area contributed by atoms with Crippen molar-refractivity contribution in [2.24, 2.45) is 0 Å². The molecule has 0 atom stereocenters. The number of aliphatic carboxylic acids is 1. The molecule has 17 heavy (non-hydrogen) atoms. The molecule has 92 valence electrons. The van der Waals surface area contributed by atoms with Crippen LogP contribution in [-0.2, 0) is 11.3 Å². The third-order valence-electron chi connectivity index (χ3n) is 2.78. The minimum atomic E-state index is -0.789. The van der Waals surface area contributed by atoms with Gasteiger partial charge in [0.05, 0.1) is 6.54 Å². The molecular weight excluding hydrogens is 305 g/mol. The van der Waals surface area contributed by atoms with Gasteiger partial charge in [0.1, 0.15) is 0 Å². The van der Waals surface area contributed by atoms with Gasteiger partial charge in [-0.2, -0.15) is 0 Å². The quantitative estimate of drug-likeness (QED) is 0.906. The molecule has 0 spiro atoms. The fourth-order valence-electron chi connectivity index (χ4n) is 1.81. The van der Waals surface area contributed by atoms with Crippen molar-refractivity contribution in [3.05, 3.63) is 33.3 Å². The van der Waals surface area contributed by atoms with Gasteiger partial charge in [0, 0.05) is 22.1 Å². The lowest BCUT2D eigenvalue weighted by molar-refractivity contribution is -0.138. The maximum Gasteiger partial charge on any atom is 0.317 e. The molecule has 1 fully saturated rings. The Morgan fingerprint density at radius 3 is 2.82 bits per heavy atom. The first kappa shape index (κ1) is 12.9. The van der Waals surface area contributed by atoms with E-state index in [2.05, 4.69) is 15.9 Å². The lowest BCUT2D eigenvalue weighted by Gasteiger charge is -2.20. The normalized spacial score (nSPS) is 15.2. The first-order valence-corrected chi connectivity index (χ1v) is 6.63. The number of rotatable bonds is 5. The van der Waals surface area contributed by atoms with Crippen LogP contribution >= 0.6 is 27.5 Å². The van der Waals surface area contributed by atoms with E-state index in [-0.39, 0.29) is 6.54 Å². The molecule has 1 saturated carbocycles. The van der Waals surface area contributed by atoms with Crippen LogP contribution in [0.4, 0.5) is 0 Å². The Morgan fingerprint density at radius 2 is 2.24 bits per heavy atom. The van der Waals surface area contributed by atoms with Gasteiger partial charge in [0.15, 0.2) is 0 Å². The SMILES string of the molecule is O=C(O)CN(Cc1cc(Br)ccc1Cl)C1CC1. The molecule has 2 rings (SSSR count). The number of carbonyl (C=O) groups is 1. The van der Waals surface area contributed by atoms with E-state index in [9.17, 15) is 4.79 Å². The molecule has 0 aliphatic heterocycles. The summed E-state index contributed by atoms with van der Waals surface area (Å²) >= 11 is 9.50. The minimum absolute atomic E-state index is 0.0769. The fraction of sp³-hybridized carbons (Fsp3) is 0.417. The minimum Gasteiger partial charge on any atom is -0.480 e. The number of carboxylic acid groups (broad SMARTS) is 1. The second-order valence-corrected chi connectivity index (χ2v) is 5.59. The molecule has 1 aromatic carbocycles. The highest BCUT2D eigenvalue weighted by atomic mass is 79.9. The molecule has 0 heterocycles. The highest BCUT2D eigenvalue weighted by Gasteiger charge is 2.30. The average molecular weight is 319 g/mol. The summed E-state index contributed by atoms with van der Waals surface area (Å²) in [5.41, 5.74) is 0.967. The molecule has 1 aliphatic carbocycles. The molecule has 1 aliphatic rings. The number of halogens is 2. The van der Waals surface area contributed by atoms with Crippen molar-refractivity contribution in [3.63, 3.8) is 0 Å². The molecule has 0 amide bonds. The summed E-state index contributed by atoms with van der Waals surface area (Å²) in [4.78, 5) is 12.8. The van der Waals surface area contributed by atoms with Crippen LogP contribution in [-0.4, -0.2) is 28.6 Å². The molecular formula is C12H13BrClNO2. The maximum absolute atomic E-state index is 10.8. The summed E-state index contributed by atoms with van der Waals surface area (Å²) < 4.78 is 0.961. The van der Waals surface area contributed by atoms with Crippen LogP contribution < -0.4 is 0 Å². The largest absolute Gasteiger partial charge is 0.480 e. The second-order valence-electron chi connectivity index (χ2n) is 4.27.